The smallest absolute Gasteiger partial charge is 0.335 e. The molecule has 2 fully saturated rings. The van der Waals surface area contributed by atoms with Gasteiger partial charge in [0.1, 0.15) is 47.6 Å². The lowest BCUT2D eigenvalue weighted by molar-refractivity contribution is -0.348. The average molecular weight is 833 g/mol. The van der Waals surface area contributed by atoms with E-state index in [0.717, 1.165) is 55.7 Å². The number of ether oxygens (including phenoxy) is 6. The number of carbonyl (C=O) groups is 2. The Kier molecular flexibility index (Phi) is 12.1. The highest BCUT2D eigenvalue weighted by Gasteiger charge is 2.54. The van der Waals surface area contributed by atoms with Gasteiger partial charge in [0.2, 0.25) is 23.2 Å². The number of esters is 1. The summed E-state index contributed by atoms with van der Waals surface area (Å²) in [5.41, 5.74) is -1.65. The fourth-order valence-corrected chi connectivity index (χ4v) is 6.23. The van der Waals surface area contributed by atoms with Gasteiger partial charge in [-0.25, -0.2) is 9.59 Å². The van der Waals surface area contributed by atoms with Crippen molar-refractivity contribution in [3.8, 4) is 57.3 Å². The molecule has 0 bridgehead atoms. The van der Waals surface area contributed by atoms with Crippen LogP contribution in [-0.2, 0) is 28.5 Å². The summed E-state index contributed by atoms with van der Waals surface area (Å²) < 4.78 is 38.3. The highest BCUT2D eigenvalue weighted by molar-refractivity contribution is 5.91. The normalized spacial score (nSPS) is 27.1. The molecule has 0 aliphatic carbocycles. The molecule has 0 unspecified atom stereocenters. The van der Waals surface area contributed by atoms with Crippen LogP contribution in [0.3, 0.4) is 0 Å². The Hall–Kier alpha value is -6.37. The van der Waals surface area contributed by atoms with Crippen molar-refractivity contribution in [3.05, 3.63) is 64.3 Å². The zero-order valence-corrected chi connectivity index (χ0v) is 30.1. The molecular weight excluding hydrogens is 796 g/mol. The lowest BCUT2D eigenvalue weighted by atomic mass is 9.96. The lowest BCUT2D eigenvalue weighted by Crippen LogP contribution is -2.66. The highest BCUT2D eigenvalue weighted by atomic mass is 16.8. The second kappa shape index (κ2) is 16.8. The van der Waals surface area contributed by atoms with E-state index in [4.69, 9.17) is 32.8 Å². The number of benzene rings is 3. The number of hydrogen-bond donors (Lipinski definition) is 12. The van der Waals surface area contributed by atoms with Crippen LogP contribution in [0.25, 0.3) is 28.4 Å². The largest absolute Gasteiger partial charge is 0.504 e. The van der Waals surface area contributed by atoms with E-state index in [1.807, 2.05) is 0 Å². The number of phenols is 6. The van der Waals surface area contributed by atoms with Crippen molar-refractivity contribution in [3.63, 3.8) is 0 Å². The maximum absolute atomic E-state index is 13.9. The van der Waals surface area contributed by atoms with E-state index in [9.17, 15) is 75.7 Å². The van der Waals surface area contributed by atoms with Gasteiger partial charge >= 0.3 is 11.9 Å². The van der Waals surface area contributed by atoms with Gasteiger partial charge in [-0.1, -0.05) is 6.07 Å². The van der Waals surface area contributed by atoms with Crippen LogP contribution in [0.15, 0.2) is 57.8 Å². The topological polar surface area (TPSA) is 362 Å². The minimum Gasteiger partial charge on any atom is -0.504 e. The zero-order chi connectivity index (χ0) is 43.0. The number of hydrogen-bond acceptors (Lipinski definition) is 21. The molecular formula is C37H36O22. The number of aliphatic hydroxyl groups excluding tert-OH is 5. The Morgan fingerprint density at radius 1 is 0.780 bits per heavy atom. The van der Waals surface area contributed by atoms with Gasteiger partial charge in [-0.3, -0.25) is 4.79 Å². The van der Waals surface area contributed by atoms with Gasteiger partial charge in [-0.15, -0.1) is 0 Å². The van der Waals surface area contributed by atoms with Crippen LogP contribution >= 0.6 is 0 Å². The zero-order valence-electron chi connectivity index (χ0n) is 30.1. The van der Waals surface area contributed by atoms with Crippen molar-refractivity contribution < 1.29 is 104 Å². The summed E-state index contributed by atoms with van der Waals surface area (Å²) >= 11 is 0. The highest BCUT2D eigenvalue weighted by Crippen LogP contribution is 2.44. The average Bonchev–Trinajstić information content (AvgIpc) is 3.20. The van der Waals surface area contributed by atoms with E-state index >= 15 is 0 Å². The van der Waals surface area contributed by atoms with Crippen molar-refractivity contribution in [1.82, 2.24) is 0 Å². The first-order valence-corrected chi connectivity index (χ1v) is 17.2. The second-order valence-corrected chi connectivity index (χ2v) is 13.1. The Balaban J connectivity index is 1.32. The van der Waals surface area contributed by atoms with Crippen molar-refractivity contribution >= 4 is 29.0 Å². The summed E-state index contributed by atoms with van der Waals surface area (Å²) in [5, 5.41) is 124. The standard InChI is InChI=1S/C37H36O22/c1-53-19-10-18-22(25(46)23(19)44)26(47)31(30(54-18)13-4-6-15(40)17(42)9-13)57-36-29(50)28(49)32(34(59-36)35(51)52)58-37-33(27(48)24(45)20(11-38)55-37)56-21(43)7-3-12-2-5-14(39)16(41)8-12/h2-10,20,24,27-29,32-34,36-42,44-46,48-50H,11H2,1H3,(H,51,52)/b7-3+/t20-,24-,27+,28-,29-,32+,33-,34+,36-,37+/m1/s1. The first-order chi connectivity index (χ1) is 27.9. The quantitative estimate of drug-likeness (QED) is 0.0493. The molecule has 3 heterocycles. The molecule has 22 nitrogen and oxygen atoms in total. The van der Waals surface area contributed by atoms with Crippen LogP contribution in [0.4, 0.5) is 0 Å². The summed E-state index contributed by atoms with van der Waals surface area (Å²) in [6, 6.07) is 7.62. The van der Waals surface area contributed by atoms with Crippen molar-refractivity contribution in [2.24, 2.45) is 0 Å². The predicted molar refractivity (Wildman–Crippen MR) is 191 cm³/mol. The van der Waals surface area contributed by atoms with Crippen LogP contribution in [0.1, 0.15) is 5.56 Å². The Morgan fingerprint density at radius 3 is 2.07 bits per heavy atom. The molecule has 1 aromatic heterocycles. The third-order valence-corrected chi connectivity index (χ3v) is 9.31. The van der Waals surface area contributed by atoms with E-state index in [2.05, 4.69) is 0 Å². The molecule has 2 aliphatic heterocycles. The van der Waals surface area contributed by atoms with E-state index in [-0.39, 0.29) is 16.9 Å². The first kappa shape index (κ1) is 42.2. The van der Waals surface area contributed by atoms with Gasteiger partial charge < -0.3 is 94.1 Å². The van der Waals surface area contributed by atoms with Gasteiger partial charge in [-0.05, 0) is 42.0 Å². The van der Waals surface area contributed by atoms with Crippen molar-refractivity contribution in [2.45, 2.75) is 61.4 Å². The van der Waals surface area contributed by atoms with Crippen LogP contribution in [0.2, 0.25) is 0 Å². The molecule has 2 aliphatic rings. The molecule has 2 saturated heterocycles. The molecule has 10 atom stereocenters. The van der Waals surface area contributed by atoms with Crippen molar-refractivity contribution in [1.29, 1.82) is 0 Å². The maximum atomic E-state index is 13.9. The number of rotatable bonds is 11. The predicted octanol–water partition coefficient (Wildman–Crippen LogP) is -0.938. The molecule has 0 saturated carbocycles. The number of methoxy groups -OCH3 is 1. The van der Waals surface area contributed by atoms with E-state index in [0.29, 0.717) is 0 Å². The maximum Gasteiger partial charge on any atom is 0.335 e. The molecule has 12 N–H and O–H groups in total. The van der Waals surface area contributed by atoms with Crippen LogP contribution < -0.4 is 14.9 Å². The van der Waals surface area contributed by atoms with Gasteiger partial charge in [0, 0.05) is 17.7 Å². The Morgan fingerprint density at radius 2 is 1.44 bits per heavy atom. The third-order valence-electron chi connectivity index (χ3n) is 9.31. The van der Waals surface area contributed by atoms with Crippen LogP contribution in [0, 0.1) is 0 Å². The number of aromatic hydroxyl groups is 6. The van der Waals surface area contributed by atoms with E-state index in [1.165, 1.54) is 6.07 Å². The monoisotopic (exact) mass is 832 g/mol. The molecule has 6 rings (SSSR count). The first-order valence-electron chi connectivity index (χ1n) is 17.2. The molecule has 0 amide bonds. The number of aliphatic carboxylic acids is 1. The number of carbonyl (C=O) groups excluding carboxylic acids is 1. The molecule has 59 heavy (non-hydrogen) atoms. The molecule has 3 aromatic carbocycles. The number of phenolic OH excluding ortho intramolecular Hbond substituents is 6. The summed E-state index contributed by atoms with van der Waals surface area (Å²) in [7, 11) is 1.13. The van der Waals surface area contributed by atoms with Gasteiger partial charge in [0.25, 0.3) is 0 Å². The summed E-state index contributed by atoms with van der Waals surface area (Å²) in [6.45, 7) is -0.955. The van der Waals surface area contributed by atoms with Gasteiger partial charge in [-0.2, -0.15) is 0 Å². The molecule has 4 aromatic rings. The second-order valence-electron chi connectivity index (χ2n) is 13.1. The Bertz CT molecular complexity index is 2320. The fraction of sp³-hybridized carbons (Fsp3) is 0.324. The Labute approximate surface area is 329 Å². The van der Waals surface area contributed by atoms with Crippen LogP contribution in [0.5, 0.6) is 46.0 Å². The third kappa shape index (κ3) is 8.19. The SMILES string of the molecule is COc1cc2oc(-c3ccc(O)c(O)c3)c(O[C@@H]3O[C@H](C(=O)O)[C@@H](O[C@@H]4O[C@H](CO)[C@@H](O)[C@H](O)[C@H]4OC(=O)/C=C/c4ccc(O)c(O)c4)[C@H](O)[C@H]3O)c(=O)c2c(O)c1O. The summed E-state index contributed by atoms with van der Waals surface area (Å²) in [5.74, 6) is -9.16. The van der Waals surface area contributed by atoms with E-state index < -0.39 is 142 Å². The minimum absolute atomic E-state index is 0.173. The van der Waals surface area contributed by atoms with E-state index in [1.54, 1.807) is 0 Å². The summed E-state index contributed by atoms with van der Waals surface area (Å²) in [4.78, 5) is 39.4. The molecule has 316 valence electrons. The number of carboxylic acid groups (broad SMARTS) is 1. The number of aliphatic hydroxyl groups is 5. The molecule has 0 spiro atoms. The minimum atomic E-state index is -2.36. The summed E-state index contributed by atoms with van der Waals surface area (Å²) in [6.07, 6.45) is -19.3. The van der Waals surface area contributed by atoms with Gasteiger partial charge in [0.15, 0.2) is 58.8 Å². The van der Waals surface area contributed by atoms with Crippen LogP contribution in [-0.4, -0.2) is 148 Å². The molecule has 22 heteroatoms. The lowest BCUT2D eigenvalue weighted by Gasteiger charge is -2.45. The number of carboxylic acids is 1. The van der Waals surface area contributed by atoms with Crippen molar-refractivity contribution in [2.75, 3.05) is 13.7 Å². The number of fused-ring (bicyclic) bond motifs is 1. The van der Waals surface area contributed by atoms with Gasteiger partial charge in [0.05, 0.1) is 13.7 Å². The fourth-order valence-electron chi connectivity index (χ4n) is 6.23. The molecule has 0 radical (unpaired) electrons.